The molecule has 0 saturated carbocycles. The highest BCUT2D eigenvalue weighted by Crippen LogP contribution is 1.98. The van der Waals surface area contributed by atoms with Gasteiger partial charge in [0, 0.05) is 4.08 Å². The van der Waals surface area contributed by atoms with E-state index in [2.05, 4.69) is 0 Å². The Balaban J connectivity index is 3.14. The molecule has 0 unspecified atom stereocenters. The maximum absolute atomic E-state index is 10.6. The quantitative estimate of drug-likeness (QED) is 0.513. The molecule has 0 spiro atoms. The van der Waals surface area contributed by atoms with Gasteiger partial charge in [0.05, 0.1) is 0 Å². The molecule has 0 atom stereocenters. The largest absolute Gasteiger partial charge is 0.276 e. The zero-order valence-corrected chi connectivity index (χ0v) is 4.37. The zero-order valence-electron chi connectivity index (χ0n) is 2.21. The van der Waals surface area contributed by atoms with Crippen LogP contribution in [0.15, 0.2) is 10.2 Å². The molecule has 0 amide bonds. The summed E-state index contributed by atoms with van der Waals surface area (Å²) in [6.45, 7) is 0. The van der Waals surface area contributed by atoms with Crippen LogP contribution in [0.5, 0.6) is 0 Å². The molecule has 30 valence electrons. The van der Waals surface area contributed by atoms with Crippen LogP contribution < -0.4 is 0 Å². The topological polar surface area (TPSA) is 0 Å². The van der Waals surface area contributed by atoms with Crippen molar-refractivity contribution in [1.82, 2.24) is 0 Å². The second-order valence-corrected chi connectivity index (χ2v) is 1.02. The van der Waals surface area contributed by atoms with Crippen LogP contribution in [0.25, 0.3) is 0 Å². The maximum atomic E-state index is 10.6. The third kappa shape index (κ3) is 4.33. The minimum atomic E-state index is -1.63. The van der Waals surface area contributed by atoms with E-state index < -0.39 is 6.08 Å². The summed E-state index contributed by atoms with van der Waals surface area (Å²) in [5, 5.41) is 0. The van der Waals surface area contributed by atoms with Gasteiger partial charge in [-0.2, -0.15) is 8.78 Å². The zero-order chi connectivity index (χ0) is 4.28. The van der Waals surface area contributed by atoms with E-state index in [1.54, 1.807) is 0 Å². The fourth-order valence-corrected chi connectivity index (χ4v) is 0. The lowest BCUT2D eigenvalue weighted by molar-refractivity contribution is 0.425. The lowest BCUT2D eigenvalue weighted by atomic mass is 11.2. The summed E-state index contributed by atoms with van der Waals surface area (Å²) in [7, 11) is 0. The van der Waals surface area contributed by atoms with Crippen molar-refractivity contribution in [3.05, 3.63) is 10.2 Å². The van der Waals surface area contributed by atoms with Crippen LogP contribution in [0.2, 0.25) is 0 Å². The first-order valence-corrected chi connectivity index (χ1v) is 2.13. The molecule has 0 aliphatic heterocycles. The summed E-state index contributed by atoms with van der Waals surface area (Å²) in [5.41, 5.74) is 0. The Labute approximate surface area is 42.0 Å². The third-order valence-corrected chi connectivity index (χ3v) is 0.553. The third-order valence-electron chi connectivity index (χ3n) is 0.0825. The highest BCUT2D eigenvalue weighted by molar-refractivity contribution is 14.1. The van der Waals surface area contributed by atoms with Gasteiger partial charge in [0.25, 0.3) is 6.08 Å². The first-order chi connectivity index (χ1) is 2.27. The number of rotatable bonds is 0. The minimum Gasteiger partial charge on any atom is -0.173 e. The molecule has 0 aliphatic rings. The fraction of sp³-hybridized carbons (Fsp3) is 0. The molecule has 0 aliphatic carbocycles. The summed E-state index contributed by atoms with van der Waals surface area (Å²) in [4.78, 5) is 0. The Hall–Kier alpha value is 0.330. The molecule has 0 radical (unpaired) electrons. The molecular formula is C2HF2I. The van der Waals surface area contributed by atoms with Crippen molar-refractivity contribution in [1.29, 1.82) is 0 Å². The second kappa shape index (κ2) is 2.56. The minimum absolute atomic E-state index is 0.720. The molecule has 0 aromatic rings. The van der Waals surface area contributed by atoms with Crippen LogP contribution >= 0.6 is 22.6 Å². The molecule has 0 saturated heterocycles. The highest BCUT2D eigenvalue weighted by Gasteiger charge is 1.75. The van der Waals surface area contributed by atoms with Gasteiger partial charge in [0.1, 0.15) is 0 Å². The van der Waals surface area contributed by atoms with Gasteiger partial charge in [-0.1, -0.05) is 0 Å². The van der Waals surface area contributed by atoms with Crippen LogP contribution in [0.3, 0.4) is 0 Å². The lowest BCUT2D eigenvalue weighted by Crippen LogP contribution is -1.39. The van der Waals surface area contributed by atoms with E-state index in [-0.39, 0.29) is 0 Å². The Kier molecular flexibility index (Phi) is 2.73. The average Bonchev–Trinajstić information content (AvgIpc) is 1.38. The summed E-state index contributed by atoms with van der Waals surface area (Å²) >= 11 is 1.47. The summed E-state index contributed by atoms with van der Waals surface area (Å²) in [6.07, 6.45) is -1.63. The first-order valence-electron chi connectivity index (χ1n) is 0.885. The molecule has 0 heterocycles. The van der Waals surface area contributed by atoms with Crippen molar-refractivity contribution in [2.24, 2.45) is 0 Å². The predicted molar refractivity (Wildman–Crippen MR) is 24.3 cm³/mol. The molecule has 0 fully saturated rings. The van der Waals surface area contributed by atoms with Gasteiger partial charge in [-0.25, -0.2) is 0 Å². The molecule has 0 rings (SSSR count). The van der Waals surface area contributed by atoms with Crippen molar-refractivity contribution in [2.45, 2.75) is 0 Å². The highest BCUT2D eigenvalue weighted by atomic mass is 127. The standard InChI is InChI=1S/C2HF2I/c3-2(4)1-5/h1H. The second-order valence-electron chi connectivity index (χ2n) is 0.399. The molecule has 0 nitrogen and oxygen atoms in total. The van der Waals surface area contributed by atoms with E-state index in [0.717, 1.165) is 4.08 Å². The number of halogens is 3. The first kappa shape index (κ1) is 5.33. The molecular weight excluding hydrogens is 189 g/mol. The lowest BCUT2D eigenvalue weighted by Gasteiger charge is -1.61. The average molecular weight is 190 g/mol. The molecule has 0 bridgehead atoms. The Bertz CT molecular complexity index is 45.6. The SMILES string of the molecule is FC(F)=CI. The van der Waals surface area contributed by atoms with E-state index in [9.17, 15) is 8.78 Å². The van der Waals surface area contributed by atoms with Crippen LogP contribution in [-0.2, 0) is 0 Å². The van der Waals surface area contributed by atoms with E-state index >= 15 is 0 Å². The van der Waals surface area contributed by atoms with E-state index in [0.29, 0.717) is 0 Å². The Morgan fingerprint density at radius 1 is 1.60 bits per heavy atom. The van der Waals surface area contributed by atoms with Crippen LogP contribution in [0, 0.1) is 0 Å². The van der Waals surface area contributed by atoms with Gasteiger partial charge < -0.3 is 0 Å². The molecule has 0 aromatic carbocycles. The van der Waals surface area contributed by atoms with E-state index in [4.69, 9.17) is 0 Å². The van der Waals surface area contributed by atoms with Gasteiger partial charge in [-0.15, -0.1) is 0 Å². The Morgan fingerprint density at radius 3 is 1.80 bits per heavy atom. The molecule has 0 N–H and O–H groups in total. The molecule has 5 heavy (non-hydrogen) atoms. The van der Waals surface area contributed by atoms with Gasteiger partial charge in [0.2, 0.25) is 0 Å². The molecule has 3 heteroatoms. The number of hydrogen-bond acceptors (Lipinski definition) is 0. The smallest absolute Gasteiger partial charge is 0.173 e. The van der Waals surface area contributed by atoms with Crippen molar-refractivity contribution in [3.8, 4) is 0 Å². The Morgan fingerprint density at radius 2 is 1.80 bits per heavy atom. The van der Waals surface area contributed by atoms with Gasteiger partial charge in [-0.3, -0.25) is 0 Å². The van der Waals surface area contributed by atoms with E-state index in [1.807, 2.05) is 0 Å². The van der Waals surface area contributed by atoms with Crippen LogP contribution in [0.1, 0.15) is 0 Å². The van der Waals surface area contributed by atoms with Crippen LogP contribution in [-0.4, -0.2) is 0 Å². The van der Waals surface area contributed by atoms with Crippen molar-refractivity contribution in [3.63, 3.8) is 0 Å². The van der Waals surface area contributed by atoms with Crippen molar-refractivity contribution in [2.75, 3.05) is 0 Å². The monoisotopic (exact) mass is 190 g/mol. The van der Waals surface area contributed by atoms with Gasteiger partial charge >= 0.3 is 0 Å². The summed E-state index contributed by atoms with van der Waals surface area (Å²) < 4.78 is 22.0. The fourth-order valence-electron chi connectivity index (χ4n) is 0. The van der Waals surface area contributed by atoms with Crippen LogP contribution in [0.4, 0.5) is 8.78 Å². The van der Waals surface area contributed by atoms with Crippen molar-refractivity contribution < 1.29 is 8.78 Å². The van der Waals surface area contributed by atoms with Gasteiger partial charge in [-0.05, 0) is 22.6 Å². The summed E-state index contributed by atoms with van der Waals surface area (Å²) in [6, 6.07) is 0. The molecule has 0 aromatic heterocycles. The predicted octanol–water partition coefficient (Wildman–Crippen LogP) is 2.16. The maximum Gasteiger partial charge on any atom is 0.276 e. The van der Waals surface area contributed by atoms with E-state index in [1.165, 1.54) is 22.6 Å². The summed E-state index contributed by atoms with van der Waals surface area (Å²) in [5.74, 6) is 0. The normalized spacial score (nSPS) is 7.00. The van der Waals surface area contributed by atoms with Crippen molar-refractivity contribution >= 4 is 22.6 Å². The van der Waals surface area contributed by atoms with Gasteiger partial charge in [0.15, 0.2) is 0 Å². The number of hydrogen-bond donors (Lipinski definition) is 0.